The van der Waals surface area contributed by atoms with E-state index < -0.39 is 49.5 Å². The summed E-state index contributed by atoms with van der Waals surface area (Å²) in [4.78, 5) is 25.1. The van der Waals surface area contributed by atoms with Crippen LogP contribution in [0.2, 0.25) is 0 Å². The lowest BCUT2D eigenvalue weighted by molar-refractivity contribution is -0.302. The van der Waals surface area contributed by atoms with Crippen LogP contribution in [-0.4, -0.2) is 100 Å². The van der Waals surface area contributed by atoms with Crippen LogP contribution in [0.5, 0.6) is 0 Å². The third-order valence-corrected chi connectivity index (χ3v) is 17.7. The number of hydrogen-bond acceptors (Lipinski definition) is 10. The summed E-state index contributed by atoms with van der Waals surface area (Å²) in [6.45, 7) is 4.31. The van der Waals surface area contributed by atoms with E-state index >= 15 is 0 Å². The second kappa shape index (κ2) is 65.1. The Bertz CT molecular complexity index is 1580. The molecule has 0 saturated carbocycles. The standard InChI is InChI=1S/C76H141NO10/c1-3-5-7-9-11-13-15-16-41-44-48-52-56-60-64-72(81)85-65-61-57-53-49-45-42-39-37-35-33-31-29-27-25-23-21-19-17-18-20-22-24-26-28-30-32-34-36-38-40-43-47-51-55-59-63-71(80)77-68(67-86-76-75(84)74(83)73(82)70(66-78)87-76)69(79)62-58-54-50-46-14-12-10-8-6-4-2/h9,11,15-16,19,21,58,62,68-70,73-76,78-79,82-84H,3-8,10,12-14,17-18,20,22-57,59-61,63-67H2,1-2H3,(H,77,80)/b11-9-,16-15-,21-19-,62-58+. The zero-order chi connectivity index (χ0) is 63.0. The third-order valence-electron chi connectivity index (χ3n) is 17.7. The molecule has 7 atom stereocenters. The number of aliphatic hydroxyl groups excluding tert-OH is 5. The molecule has 1 aliphatic heterocycles. The quantitative estimate of drug-likeness (QED) is 0.0195. The summed E-state index contributed by atoms with van der Waals surface area (Å²) < 4.78 is 16.7. The van der Waals surface area contributed by atoms with E-state index in [0.29, 0.717) is 19.4 Å². The van der Waals surface area contributed by atoms with Crippen molar-refractivity contribution in [2.75, 3.05) is 19.8 Å². The van der Waals surface area contributed by atoms with Crippen LogP contribution in [0.4, 0.5) is 0 Å². The van der Waals surface area contributed by atoms with E-state index in [-0.39, 0.29) is 18.5 Å². The van der Waals surface area contributed by atoms with Gasteiger partial charge in [-0.05, 0) is 83.5 Å². The Balaban J connectivity index is 1.89. The fourth-order valence-corrected chi connectivity index (χ4v) is 11.7. The highest BCUT2D eigenvalue weighted by molar-refractivity contribution is 5.76. The maximum atomic E-state index is 13.0. The first-order valence-corrected chi connectivity index (χ1v) is 37.4. The molecule has 11 heteroatoms. The normalized spacial score (nSPS) is 18.1. The summed E-state index contributed by atoms with van der Waals surface area (Å²) in [5, 5.41) is 54.4. The predicted octanol–water partition coefficient (Wildman–Crippen LogP) is 19.5. The first-order chi connectivity index (χ1) is 42.7. The molecular weight excluding hydrogens is 1090 g/mol. The van der Waals surface area contributed by atoms with Crippen LogP contribution in [0.1, 0.15) is 361 Å². The van der Waals surface area contributed by atoms with Crippen molar-refractivity contribution < 1.29 is 49.3 Å². The van der Waals surface area contributed by atoms with Gasteiger partial charge in [0.15, 0.2) is 6.29 Å². The molecule has 1 rings (SSSR count). The molecule has 0 bridgehead atoms. The molecule has 1 saturated heterocycles. The van der Waals surface area contributed by atoms with Crippen LogP contribution in [0, 0.1) is 0 Å². The first-order valence-electron chi connectivity index (χ1n) is 37.4. The number of unbranched alkanes of at least 4 members (excludes halogenated alkanes) is 46. The lowest BCUT2D eigenvalue weighted by atomic mass is 9.99. The minimum Gasteiger partial charge on any atom is -0.466 e. The average molecular weight is 1230 g/mol. The number of nitrogens with one attached hydrogen (secondary N) is 1. The number of ether oxygens (including phenoxy) is 3. The van der Waals surface area contributed by atoms with Crippen LogP contribution < -0.4 is 5.32 Å². The van der Waals surface area contributed by atoms with Crippen molar-refractivity contribution in [1.82, 2.24) is 5.32 Å². The summed E-state index contributed by atoms with van der Waals surface area (Å²) >= 11 is 0. The monoisotopic (exact) mass is 1230 g/mol. The molecule has 0 spiro atoms. The van der Waals surface area contributed by atoms with Crippen molar-refractivity contribution in [3.8, 4) is 0 Å². The van der Waals surface area contributed by atoms with Gasteiger partial charge in [0.1, 0.15) is 24.4 Å². The Labute approximate surface area is 536 Å². The Hall–Kier alpha value is -2.38. The summed E-state index contributed by atoms with van der Waals surface area (Å²) in [6, 6.07) is -0.806. The van der Waals surface area contributed by atoms with E-state index in [4.69, 9.17) is 14.2 Å². The molecule has 0 radical (unpaired) electrons. The molecule has 1 fully saturated rings. The van der Waals surface area contributed by atoms with E-state index in [2.05, 4.69) is 55.6 Å². The predicted molar refractivity (Wildman–Crippen MR) is 366 cm³/mol. The summed E-state index contributed by atoms with van der Waals surface area (Å²) in [6.07, 6.45) is 75.6. The van der Waals surface area contributed by atoms with Crippen LogP contribution in [0.25, 0.3) is 0 Å². The van der Waals surface area contributed by atoms with Gasteiger partial charge in [0, 0.05) is 12.8 Å². The minimum absolute atomic E-state index is 0.00111. The number of carbonyl (C=O) groups is 2. The van der Waals surface area contributed by atoms with Gasteiger partial charge in [0.2, 0.25) is 5.91 Å². The number of rotatable bonds is 66. The molecule has 0 aromatic carbocycles. The van der Waals surface area contributed by atoms with Gasteiger partial charge in [-0.1, -0.05) is 313 Å². The Kier molecular flexibility index (Phi) is 61.9. The molecular formula is C76H141NO10. The van der Waals surface area contributed by atoms with E-state index in [1.54, 1.807) is 6.08 Å². The minimum atomic E-state index is -1.57. The molecule has 1 heterocycles. The molecule has 1 aliphatic rings. The van der Waals surface area contributed by atoms with Gasteiger partial charge in [-0.2, -0.15) is 0 Å². The average Bonchev–Trinajstić information content (AvgIpc) is 3.18. The number of aliphatic hydroxyl groups is 5. The van der Waals surface area contributed by atoms with Gasteiger partial charge in [-0.3, -0.25) is 9.59 Å². The number of amides is 1. The fraction of sp³-hybridized carbons (Fsp3) is 0.868. The Morgan fingerprint density at radius 2 is 0.782 bits per heavy atom. The molecule has 0 aromatic rings. The smallest absolute Gasteiger partial charge is 0.305 e. The maximum Gasteiger partial charge on any atom is 0.305 e. The topological polar surface area (TPSA) is 175 Å². The van der Waals surface area contributed by atoms with E-state index in [0.717, 1.165) is 64.2 Å². The molecule has 510 valence electrons. The van der Waals surface area contributed by atoms with Crippen molar-refractivity contribution in [2.24, 2.45) is 0 Å². The van der Waals surface area contributed by atoms with Gasteiger partial charge < -0.3 is 45.1 Å². The molecule has 6 N–H and O–H groups in total. The van der Waals surface area contributed by atoms with Crippen LogP contribution in [-0.2, 0) is 23.8 Å². The number of hydrogen-bond donors (Lipinski definition) is 6. The zero-order valence-electron chi connectivity index (χ0n) is 56.7. The molecule has 1 amide bonds. The number of allylic oxidation sites excluding steroid dienone is 7. The van der Waals surface area contributed by atoms with Crippen LogP contribution in [0.15, 0.2) is 48.6 Å². The van der Waals surface area contributed by atoms with Gasteiger partial charge in [0.25, 0.3) is 0 Å². The van der Waals surface area contributed by atoms with Crippen molar-refractivity contribution in [3.05, 3.63) is 48.6 Å². The van der Waals surface area contributed by atoms with Crippen LogP contribution in [0.3, 0.4) is 0 Å². The van der Waals surface area contributed by atoms with Crippen molar-refractivity contribution >= 4 is 11.9 Å². The van der Waals surface area contributed by atoms with E-state index in [1.165, 1.54) is 270 Å². The van der Waals surface area contributed by atoms with E-state index in [1.807, 2.05) is 6.08 Å². The largest absolute Gasteiger partial charge is 0.466 e. The van der Waals surface area contributed by atoms with Crippen molar-refractivity contribution in [3.63, 3.8) is 0 Å². The van der Waals surface area contributed by atoms with Gasteiger partial charge in [0.05, 0.1) is 32.0 Å². The molecule has 87 heavy (non-hydrogen) atoms. The molecule has 0 aliphatic carbocycles. The third kappa shape index (κ3) is 53.9. The highest BCUT2D eigenvalue weighted by atomic mass is 16.7. The van der Waals surface area contributed by atoms with Crippen LogP contribution >= 0.6 is 0 Å². The summed E-state index contributed by atoms with van der Waals surface area (Å²) in [5.74, 6) is -0.179. The first kappa shape index (κ1) is 82.6. The molecule has 7 unspecified atom stereocenters. The fourth-order valence-electron chi connectivity index (χ4n) is 11.7. The van der Waals surface area contributed by atoms with Gasteiger partial charge in [-0.25, -0.2) is 0 Å². The van der Waals surface area contributed by atoms with Gasteiger partial charge in [-0.15, -0.1) is 0 Å². The number of esters is 1. The Morgan fingerprint density at radius 3 is 1.21 bits per heavy atom. The highest BCUT2D eigenvalue weighted by Crippen LogP contribution is 2.23. The highest BCUT2D eigenvalue weighted by Gasteiger charge is 2.44. The van der Waals surface area contributed by atoms with Gasteiger partial charge >= 0.3 is 5.97 Å². The Morgan fingerprint density at radius 1 is 0.425 bits per heavy atom. The summed E-state index contributed by atoms with van der Waals surface area (Å²) in [7, 11) is 0. The SMILES string of the molecule is CCCC/C=C\C/C=C\CCCCCCCC(=O)OCCCCCCCCCCCCCCCC/C=C\CCCCCCCCCCCCCCCCCCCC(=O)NC(COC1OC(CO)C(O)C(O)C1O)C(O)/C=C/CCCCCCCCCC. The van der Waals surface area contributed by atoms with Crippen molar-refractivity contribution in [1.29, 1.82) is 0 Å². The zero-order valence-corrected chi connectivity index (χ0v) is 56.7. The van der Waals surface area contributed by atoms with E-state index in [9.17, 15) is 35.1 Å². The second-order valence-electron chi connectivity index (χ2n) is 26.0. The molecule has 11 nitrogen and oxygen atoms in total. The van der Waals surface area contributed by atoms with Crippen molar-refractivity contribution in [2.45, 2.75) is 403 Å². The number of carbonyl (C=O) groups excluding carboxylic acids is 2. The lowest BCUT2D eigenvalue weighted by Crippen LogP contribution is -2.60. The second-order valence-corrected chi connectivity index (χ2v) is 26.0. The lowest BCUT2D eigenvalue weighted by Gasteiger charge is -2.40. The molecule has 0 aromatic heterocycles. The summed E-state index contributed by atoms with van der Waals surface area (Å²) in [5.41, 5.74) is 0. The maximum absolute atomic E-state index is 13.0.